The van der Waals surface area contributed by atoms with Gasteiger partial charge in [0.1, 0.15) is 0 Å². The lowest BCUT2D eigenvalue weighted by atomic mass is 10.1. The number of benzene rings is 2. The van der Waals surface area contributed by atoms with Crippen molar-refractivity contribution in [2.75, 3.05) is 13.3 Å². The first-order chi connectivity index (χ1) is 11.3. The fourth-order valence-corrected chi connectivity index (χ4v) is 4.13. The van der Waals surface area contributed by atoms with Gasteiger partial charge in [-0.05, 0) is 41.7 Å². The Labute approximate surface area is 143 Å². The highest BCUT2D eigenvalue weighted by Gasteiger charge is 2.28. The topological polar surface area (TPSA) is 54.5 Å². The van der Waals surface area contributed by atoms with Crippen LogP contribution in [0, 0.1) is 0 Å². The molecule has 3 rings (SSSR count). The normalized spacial score (nSPS) is 16.7. The van der Waals surface area contributed by atoms with Crippen molar-refractivity contribution in [3.8, 4) is 0 Å². The van der Waals surface area contributed by atoms with Gasteiger partial charge in [-0.1, -0.05) is 36.4 Å². The summed E-state index contributed by atoms with van der Waals surface area (Å²) in [5.41, 5.74) is 3.81. The van der Waals surface area contributed by atoms with Crippen LogP contribution >= 0.6 is 0 Å². The molecule has 1 unspecified atom stereocenters. The van der Waals surface area contributed by atoms with E-state index in [4.69, 9.17) is 0 Å². The molecule has 126 valence electrons. The Balaban J connectivity index is 1.77. The lowest BCUT2D eigenvalue weighted by Crippen LogP contribution is -2.30. The highest BCUT2D eigenvalue weighted by atomic mass is 32.2. The summed E-state index contributed by atoms with van der Waals surface area (Å²) in [5, 5.41) is 0. The van der Waals surface area contributed by atoms with Crippen molar-refractivity contribution in [3.63, 3.8) is 0 Å². The molecule has 0 saturated carbocycles. The number of hydrogen-bond acceptors (Lipinski definition) is 3. The predicted octanol–water partition coefficient (Wildman–Crippen LogP) is 2.99. The zero-order chi connectivity index (χ0) is 17.3. The summed E-state index contributed by atoms with van der Waals surface area (Å²) in [4.78, 5) is 14.5. The second kappa shape index (κ2) is 6.40. The Morgan fingerprint density at radius 1 is 1.12 bits per heavy atom. The van der Waals surface area contributed by atoms with E-state index in [0.717, 1.165) is 12.8 Å². The monoisotopic (exact) mass is 343 g/mol. The average molecular weight is 343 g/mol. The molecule has 0 saturated heterocycles. The van der Waals surface area contributed by atoms with Crippen molar-refractivity contribution in [1.82, 2.24) is 4.90 Å². The molecular weight excluding hydrogens is 322 g/mol. The maximum atomic E-state index is 12.7. The van der Waals surface area contributed by atoms with Gasteiger partial charge in [0, 0.05) is 18.9 Å². The molecule has 4 nitrogen and oxygen atoms in total. The molecule has 2 aromatic carbocycles. The average Bonchev–Trinajstić information content (AvgIpc) is 2.97. The molecule has 1 aliphatic carbocycles. The van der Waals surface area contributed by atoms with Gasteiger partial charge in [0.2, 0.25) is 0 Å². The first-order valence-corrected chi connectivity index (χ1v) is 10.0. The quantitative estimate of drug-likeness (QED) is 0.857. The van der Waals surface area contributed by atoms with Crippen LogP contribution in [0.1, 0.15) is 39.5 Å². The molecule has 2 aromatic rings. The molecule has 24 heavy (non-hydrogen) atoms. The fraction of sp³-hybridized carbons (Fsp3) is 0.316. The number of nitrogens with zero attached hydrogens (tertiary/aromatic N) is 1. The smallest absolute Gasteiger partial charge is 0.254 e. The van der Waals surface area contributed by atoms with Gasteiger partial charge in [0.25, 0.3) is 5.91 Å². The number of carbonyl (C=O) groups is 1. The van der Waals surface area contributed by atoms with Crippen molar-refractivity contribution in [3.05, 3.63) is 70.8 Å². The molecule has 1 aliphatic rings. The molecule has 5 heteroatoms. The van der Waals surface area contributed by atoms with E-state index in [-0.39, 0.29) is 17.7 Å². The Kier molecular flexibility index (Phi) is 4.45. The summed E-state index contributed by atoms with van der Waals surface area (Å²) in [5.74, 6) is -0.0459. The fourth-order valence-electron chi connectivity index (χ4n) is 3.33. The molecule has 0 aromatic heterocycles. The molecule has 0 radical (unpaired) electrons. The van der Waals surface area contributed by atoms with Gasteiger partial charge in [0.15, 0.2) is 9.84 Å². The van der Waals surface area contributed by atoms with Gasteiger partial charge in [-0.3, -0.25) is 4.79 Å². The van der Waals surface area contributed by atoms with E-state index in [1.165, 1.54) is 17.4 Å². The molecule has 1 atom stereocenters. The number of fused-ring (bicyclic) bond motifs is 1. The lowest BCUT2D eigenvalue weighted by Gasteiger charge is -2.25. The van der Waals surface area contributed by atoms with Crippen LogP contribution in [0.2, 0.25) is 0 Å². The Morgan fingerprint density at radius 2 is 1.79 bits per heavy atom. The minimum atomic E-state index is -3.07. The minimum absolute atomic E-state index is 0.00664. The second-order valence-electron chi connectivity index (χ2n) is 6.44. The molecule has 0 aliphatic heterocycles. The molecule has 1 amide bonds. The summed E-state index contributed by atoms with van der Waals surface area (Å²) in [6.45, 7) is 0. The van der Waals surface area contributed by atoms with Crippen LogP contribution in [-0.2, 0) is 22.0 Å². The van der Waals surface area contributed by atoms with Gasteiger partial charge >= 0.3 is 0 Å². The van der Waals surface area contributed by atoms with Gasteiger partial charge in [-0.25, -0.2) is 8.42 Å². The third-order valence-electron chi connectivity index (χ3n) is 4.52. The first kappa shape index (κ1) is 16.7. The molecule has 0 N–H and O–H groups in total. The maximum absolute atomic E-state index is 12.7. The number of hydrogen-bond donors (Lipinski definition) is 0. The van der Waals surface area contributed by atoms with Crippen LogP contribution in [0.25, 0.3) is 0 Å². The summed E-state index contributed by atoms with van der Waals surface area (Å²) in [7, 11) is -1.24. The van der Waals surface area contributed by atoms with Crippen LogP contribution < -0.4 is 0 Å². The van der Waals surface area contributed by atoms with E-state index in [1.807, 2.05) is 19.2 Å². The van der Waals surface area contributed by atoms with E-state index < -0.39 is 9.84 Å². The molecular formula is C19H21NO3S. The SMILES string of the molecule is CN(C(=O)c1ccc(CS(C)(=O)=O)cc1)C1CCc2ccccc21. The first-order valence-electron chi connectivity index (χ1n) is 7.97. The number of aryl methyl sites for hydroxylation is 1. The van der Waals surface area contributed by atoms with Crippen molar-refractivity contribution >= 4 is 15.7 Å². The summed E-state index contributed by atoms with van der Waals surface area (Å²) >= 11 is 0. The number of amides is 1. The van der Waals surface area contributed by atoms with E-state index in [2.05, 4.69) is 12.1 Å². The highest BCUT2D eigenvalue weighted by Crippen LogP contribution is 2.35. The largest absolute Gasteiger partial charge is 0.335 e. The van der Waals surface area contributed by atoms with Crippen molar-refractivity contribution < 1.29 is 13.2 Å². The lowest BCUT2D eigenvalue weighted by molar-refractivity contribution is 0.0730. The van der Waals surface area contributed by atoms with Gasteiger partial charge < -0.3 is 4.90 Å². The van der Waals surface area contributed by atoms with Gasteiger partial charge in [-0.2, -0.15) is 0 Å². The summed E-state index contributed by atoms with van der Waals surface area (Å²) in [6, 6.07) is 15.2. The Hall–Kier alpha value is -2.14. The van der Waals surface area contributed by atoms with Crippen LogP contribution in [0.3, 0.4) is 0 Å². The minimum Gasteiger partial charge on any atom is -0.335 e. The second-order valence-corrected chi connectivity index (χ2v) is 8.58. The van der Waals surface area contributed by atoms with E-state index in [9.17, 15) is 13.2 Å². The molecule has 0 bridgehead atoms. The van der Waals surface area contributed by atoms with Crippen LogP contribution in [-0.4, -0.2) is 32.5 Å². The van der Waals surface area contributed by atoms with Crippen molar-refractivity contribution in [1.29, 1.82) is 0 Å². The van der Waals surface area contributed by atoms with E-state index in [0.29, 0.717) is 11.1 Å². The van der Waals surface area contributed by atoms with Gasteiger partial charge in [0.05, 0.1) is 11.8 Å². The number of sulfone groups is 1. The zero-order valence-corrected chi connectivity index (χ0v) is 14.7. The van der Waals surface area contributed by atoms with Crippen molar-refractivity contribution in [2.24, 2.45) is 0 Å². The molecule has 0 heterocycles. The van der Waals surface area contributed by atoms with Crippen LogP contribution in [0.15, 0.2) is 48.5 Å². The molecule has 0 fully saturated rings. The highest BCUT2D eigenvalue weighted by molar-refractivity contribution is 7.89. The summed E-state index contributed by atoms with van der Waals surface area (Å²) in [6.07, 6.45) is 3.14. The van der Waals surface area contributed by atoms with Gasteiger partial charge in [-0.15, -0.1) is 0 Å². The Bertz CT molecular complexity index is 856. The molecule has 0 spiro atoms. The number of carbonyl (C=O) groups excluding carboxylic acids is 1. The van der Waals surface area contributed by atoms with E-state index >= 15 is 0 Å². The summed E-state index contributed by atoms with van der Waals surface area (Å²) < 4.78 is 22.7. The van der Waals surface area contributed by atoms with Crippen LogP contribution in [0.5, 0.6) is 0 Å². The van der Waals surface area contributed by atoms with Crippen LogP contribution in [0.4, 0.5) is 0 Å². The third kappa shape index (κ3) is 3.51. The van der Waals surface area contributed by atoms with Crippen molar-refractivity contribution in [2.45, 2.75) is 24.6 Å². The zero-order valence-electron chi connectivity index (χ0n) is 13.9. The standard InChI is InChI=1S/C19H21NO3S/c1-20(18-12-11-15-5-3-4-6-17(15)18)19(21)16-9-7-14(8-10-16)13-24(2,22)23/h3-10,18H,11-13H2,1-2H3. The van der Waals surface area contributed by atoms with E-state index in [1.54, 1.807) is 29.2 Å². The Morgan fingerprint density at radius 3 is 2.46 bits per heavy atom. The maximum Gasteiger partial charge on any atom is 0.254 e. The third-order valence-corrected chi connectivity index (χ3v) is 5.38. The predicted molar refractivity (Wildman–Crippen MR) is 94.6 cm³/mol. The number of rotatable bonds is 4.